The van der Waals surface area contributed by atoms with Gasteiger partial charge in [-0.05, 0) is 66.6 Å². The fourth-order valence-electron chi connectivity index (χ4n) is 4.97. The molecule has 1 aromatic heterocycles. The Morgan fingerprint density at radius 3 is 2.56 bits per heavy atom. The molecule has 1 amide bonds. The molecule has 1 aliphatic rings. The largest absolute Gasteiger partial charge is 0.493 e. The van der Waals surface area contributed by atoms with Crippen LogP contribution < -0.4 is 14.8 Å². The van der Waals surface area contributed by atoms with E-state index in [0.29, 0.717) is 24.8 Å². The maximum Gasteiger partial charge on any atom is 0.236 e. The zero-order valence-electron chi connectivity index (χ0n) is 20.3. The van der Waals surface area contributed by atoms with Crippen LogP contribution in [0.4, 0.5) is 0 Å². The number of nitrogens with one attached hydrogen (secondary N) is 2. The molecule has 3 aromatic rings. The third-order valence-corrected chi connectivity index (χ3v) is 6.84. The molecule has 0 unspecified atom stereocenters. The summed E-state index contributed by atoms with van der Waals surface area (Å²) in [6.45, 7) is 4.52. The van der Waals surface area contributed by atoms with Gasteiger partial charge in [-0.2, -0.15) is 0 Å². The molecule has 4 rings (SSSR count). The first kappa shape index (κ1) is 24.1. The number of aromatic nitrogens is 1. The van der Waals surface area contributed by atoms with Crippen molar-refractivity contribution in [1.29, 1.82) is 0 Å². The van der Waals surface area contributed by atoms with E-state index in [0.717, 1.165) is 54.9 Å². The summed E-state index contributed by atoms with van der Waals surface area (Å²) >= 11 is 0. The molecular weight excluding hydrogens is 430 g/mol. The number of ether oxygens (including phenoxy) is 2. The topological polar surface area (TPSA) is 86.8 Å². The molecule has 1 fully saturated rings. The molecule has 1 aliphatic heterocycles. The number of likely N-dealkylation sites (tertiary alicyclic amines) is 1. The quantitative estimate of drug-likeness (QED) is 0.420. The zero-order valence-corrected chi connectivity index (χ0v) is 20.3. The average Bonchev–Trinajstić information content (AvgIpc) is 3.26. The molecule has 2 aromatic carbocycles. The molecule has 0 spiro atoms. The Hall–Kier alpha value is -3.03. The first-order chi connectivity index (χ1) is 16.6. The van der Waals surface area contributed by atoms with E-state index in [2.05, 4.69) is 41.5 Å². The van der Waals surface area contributed by atoms with Crippen molar-refractivity contribution in [3.63, 3.8) is 0 Å². The second-order valence-corrected chi connectivity index (χ2v) is 8.76. The lowest BCUT2D eigenvalue weighted by Gasteiger charge is -2.32. The van der Waals surface area contributed by atoms with Gasteiger partial charge in [-0.1, -0.05) is 13.0 Å². The predicted molar refractivity (Wildman–Crippen MR) is 135 cm³/mol. The number of hydrogen-bond donors (Lipinski definition) is 3. The van der Waals surface area contributed by atoms with Gasteiger partial charge >= 0.3 is 0 Å². The highest BCUT2D eigenvalue weighted by Crippen LogP contribution is 2.38. The first-order valence-electron chi connectivity index (χ1n) is 12.1. The standard InChI is InChI=1S/C27H35N3O4/c1-4-21-22-15-19(18-9-12-30(13-10-18)26(32)17-28-11-14-31)5-7-23(22)29-27(21)20-6-8-24(33-2)25(16-20)34-3/h5-8,15-16,18,28-29,31H,4,9-14,17H2,1-3H3. The number of amides is 1. The first-order valence-corrected chi connectivity index (χ1v) is 12.1. The summed E-state index contributed by atoms with van der Waals surface area (Å²) in [5.41, 5.74) is 5.96. The number of hydrogen-bond acceptors (Lipinski definition) is 5. The summed E-state index contributed by atoms with van der Waals surface area (Å²) in [7, 11) is 3.30. The number of aliphatic hydroxyl groups excluding tert-OH is 1. The number of aliphatic hydroxyl groups is 1. The Bertz CT molecular complexity index is 1130. The highest BCUT2D eigenvalue weighted by atomic mass is 16.5. The Labute approximate surface area is 201 Å². The molecule has 182 valence electrons. The van der Waals surface area contributed by atoms with Crippen molar-refractivity contribution >= 4 is 16.8 Å². The molecule has 3 N–H and O–H groups in total. The normalized spacial score (nSPS) is 14.5. The van der Waals surface area contributed by atoms with E-state index in [-0.39, 0.29) is 12.5 Å². The van der Waals surface area contributed by atoms with Gasteiger partial charge in [-0.3, -0.25) is 4.79 Å². The fourth-order valence-corrected chi connectivity index (χ4v) is 4.97. The Balaban J connectivity index is 1.54. The third-order valence-electron chi connectivity index (χ3n) is 6.84. The average molecular weight is 466 g/mol. The van der Waals surface area contributed by atoms with Gasteiger partial charge in [0.25, 0.3) is 0 Å². The van der Waals surface area contributed by atoms with Crippen LogP contribution in [0.3, 0.4) is 0 Å². The van der Waals surface area contributed by atoms with Gasteiger partial charge in [-0.15, -0.1) is 0 Å². The highest BCUT2D eigenvalue weighted by Gasteiger charge is 2.24. The van der Waals surface area contributed by atoms with Crippen molar-refractivity contribution in [1.82, 2.24) is 15.2 Å². The van der Waals surface area contributed by atoms with Crippen molar-refractivity contribution in [2.24, 2.45) is 0 Å². The summed E-state index contributed by atoms with van der Waals surface area (Å²) in [5, 5.41) is 13.1. The van der Waals surface area contributed by atoms with E-state index in [9.17, 15) is 4.79 Å². The van der Waals surface area contributed by atoms with Crippen LogP contribution in [0.15, 0.2) is 36.4 Å². The van der Waals surface area contributed by atoms with Gasteiger partial charge < -0.3 is 29.8 Å². The maximum absolute atomic E-state index is 12.4. The van der Waals surface area contributed by atoms with E-state index in [1.165, 1.54) is 16.5 Å². The van der Waals surface area contributed by atoms with Crippen LogP contribution in [0.2, 0.25) is 0 Å². The van der Waals surface area contributed by atoms with Crippen LogP contribution in [0.1, 0.15) is 36.8 Å². The van der Waals surface area contributed by atoms with Gasteiger partial charge in [-0.25, -0.2) is 0 Å². The number of rotatable bonds is 9. The summed E-state index contributed by atoms with van der Waals surface area (Å²) in [6, 6.07) is 12.8. The van der Waals surface area contributed by atoms with Crippen molar-refractivity contribution in [3.05, 3.63) is 47.5 Å². The van der Waals surface area contributed by atoms with Crippen LogP contribution in [-0.4, -0.2) is 67.9 Å². The number of H-pyrrole nitrogens is 1. The second-order valence-electron chi connectivity index (χ2n) is 8.76. The van der Waals surface area contributed by atoms with Crippen LogP contribution in [-0.2, 0) is 11.2 Å². The van der Waals surface area contributed by atoms with Gasteiger partial charge in [0, 0.05) is 41.8 Å². The highest BCUT2D eigenvalue weighted by molar-refractivity contribution is 5.91. The Kier molecular flexibility index (Phi) is 7.75. The molecular formula is C27H35N3O4. The fraction of sp³-hybridized carbons (Fsp3) is 0.444. The minimum Gasteiger partial charge on any atom is -0.493 e. The summed E-state index contributed by atoms with van der Waals surface area (Å²) < 4.78 is 10.9. The molecule has 0 radical (unpaired) electrons. The Morgan fingerprint density at radius 1 is 1.12 bits per heavy atom. The van der Waals surface area contributed by atoms with Gasteiger partial charge in [0.1, 0.15) is 0 Å². The van der Waals surface area contributed by atoms with Crippen molar-refractivity contribution in [3.8, 4) is 22.8 Å². The number of nitrogens with zero attached hydrogens (tertiary/aromatic N) is 1. The van der Waals surface area contributed by atoms with E-state index in [1.54, 1.807) is 14.2 Å². The third kappa shape index (κ3) is 4.91. The number of piperidine rings is 1. The van der Waals surface area contributed by atoms with Crippen molar-refractivity contribution in [2.75, 3.05) is 47.0 Å². The number of benzene rings is 2. The summed E-state index contributed by atoms with van der Waals surface area (Å²) in [5.74, 6) is 2.00. The van der Waals surface area contributed by atoms with E-state index >= 15 is 0 Å². The molecule has 0 bridgehead atoms. The molecule has 0 atom stereocenters. The number of carbonyl (C=O) groups excluding carboxylic acids is 1. The zero-order chi connectivity index (χ0) is 24.1. The monoisotopic (exact) mass is 465 g/mol. The smallest absolute Gasteiger partial charge is 0.236 e. The van der Waals surface area contributed by atoms with Crippen molar-refractivity contribution < 1.29 is 19.4 Å². The second kappa shape index (κ2) is 10.9. The molecule has 0 aliphatic carbocycles. The lowest BCUT2D eigenvalue weighted by atomic mass is 9.88. The number of carbonyl (C=O) groups is 1. The lowest BCUT2D eigenvalue weighted by molar-refractivity contribution is -0.131. The van der Waals surface area contributed by atoms with Gasteiger partial charge in [0.05, 0.1) is 27.4 Å². The lowest BCUT2D eigenvalue weighted by Crippen LogP contribution is -2.43. The van der Waals surface area contributed by atoms with Crippen LogP contribution in [0.5, 0.6) is 11.5 Å². The van der Waals surface area contributed by atoms with Crippen LogP contribution in [0.25, 0.3) is 22.2 Å². The summed E-state index contributed by atoms with van der Waals surface area (Å²) in [6.07, 6.45) is 2.85. The minimum absolute atomic E-state index is 0.0461. The molecule has 34 heavy (non-hydrogen) atoms. The number of aromatic amines is 1. The summed E-state index contributed by atoms with van der Waals surface area (Å²) in [4.78, 5) is 17.9. The minimum atomic E-state index is 0.0461. The van der Waals surface area contributed by atoms with Crippen molar-refractivity contribution in [2.45, 2.75) is 32.1 Å². The maximum atomic E-state index is 12.4. The SMILES string of the molecule is CCc1c(-c2ccc(OC)c(OC)c2)[nH]c2ccc(C3CCN(C(=O)CNCCO)CC3)cc12. The van der Waals surface area contributed by atoms with Crippen LogP contribution in [0, 0.1) is 0 Å². The van der Waals surface area contributed by atoms with E-state index in [4.69, 9.17) is 14.6 Å². The number of fused-ring (bicyclic) bond motifs is 1. The molecule has 0 saturated carbocycles. The molecule has 2 heterocycles. The Morgan fingerprint density at radius 2 is 1.88 bits per heavy atom. The molecule has 7 heteroatoms. The number of aryl methyl sites for hydroxylation is 1. The predicted octanol–water partition coefficient (Wildman–Crippen LogP) is 3.70. The van der Waals surface area contributed by atoms with Gasteiger partial charge in [0.2, 0.25) is 5.91 Å². The van der Waals surface area contributed by atoms with Gasteiger partial charge in [0.15, 0.2) is 11.5 Å². The van der Waals surface area contributed by atoms with E-state index in [1.807, 2.05) is 17.0 Å². The molecule has 7 nitrogen and oxygen atoms in total. The van der Waals surface area contributed by atoms with Crippen LogP contribution >= 0.6 is 0 Å². The number of methoxy groups -OCH3 is 2. The molecule has 1 saturated heterocycles. The van der Waals surface area contributed by atoms with E-state index < -0.39 is 0 Å².